The van der Waals surface area contributed by atoms with E-state index in [2.05, 4.69) is 20.9 Å². The molecule has 1 aromatic heterocycles. The highest BCUT2D eigenvalue weighted by Crippen LogP contribution is 2.33. The van der Waals surface area contributed by atoms with Crippen molar-refractivity contribution >= 4 is 25.8 Å². The van der Waals surface area contributed by atoms with Gasteiger partial charge in [0.15, 0.2) is 14.5 Å². The molecule has 0 bridgehead atoms. The van der Waals surface area contributed by atoms with Crippen LogP contribution in [0.2, 0.25) is 0 Å². The summed E-state index contributed by atoms with van der Waals surface area (Å²) in [5.41, 5.74) is 1.90. The summed E-state index contributed by atoms with van der Waals surface area (Å²) in [7, 11) is -3.24. The molecule has 4 nitrogen and oxygen atoms in total. The van der Waals surface area contributed by atoms with E-state index in [1.807, 2.05) is 0 Å². The molecule has 2 aromatic carbocycles. The van der Waals surface area contributed by atoms with Gasteiger partial charge in [0.25, 0.3) is 0 Å². The summed E-state index contributed by atoms with van der Waals surface area (Å²) in [6.07, 6.45) is 1.15. The number of rotatable bonds is 3. The van der Waals surface area contributed by atoms with E-state index in [1.165, 1.54) is 24.3 Å². The van der Waals surface area contributed by atoms with Crippen molar-refractivity contribution in [1.82, 2.24) is 4.98 Å². The second kappa shape index (κ2) is 5.90. The fourth-order valence-electron chi connectivity index (χ4n) is 2.06. The molecular weight excluding hydrogens is 385 g/mol. The van der Waals surface area contributed by atoms with Crippen molar-refractivity contribution in [3.05, 3.63) is 59.0 Å². The zero-order valence-corrected chi connectivity index (χ0v) is 14.4. The van der Waals surface area contributed by atoms with Crippen LogP contribution >= 0.6 is 15.9 Å². The summed E-state index contributed by atoms with van der Waals surface area (Å²) < 4.78 is 41.9. The average Bonchev–Trinajstić information content (AvgIpc) is 2.89. The van der Waals surface area contributed by atoms with E-state index < -0.39 is 9.84 Å². The molecule has 23 heavy (non-hydrogen) atoms. The number of aromatic nitrogens is 1. The standard InChI is InChI=1S/C16H11BrFNO3S/c1-23(20,21)13-8-4-10(5-9-13)14-15(17)22-16(19-14)11-2-6-12(18)7-3-11/h2-9H,1H3. The van der Waals surface area contributed by atoms with Crippen LogP contribution in [0.15, 0.2) is 62.5 Å². The second-order valence-corrected chi connectivity index (χ2v) is 7.68. The van der Waals surface area contributed by atoms with Crippen molar-refractivity contribution in [3.63, 3.8) is 0 Å². The van der Waals surface area contributed by atoms with Crippen molar-refractivity contribution in [2.24, 2.45) is 0 Å². The van der Waals surface area contributed by atoms with Gasteiger partial charge >= 0.3 is 0 Å². The maximum atomic E-state index is 13.0. The lowest BCUT2D eigenvalue weighted by Crippen LogP contribution is -1.96. The third-order valence-corrected chi connectivity index (χ3v) is 4.90. The summed E-state index contributed by atoms with van der Waals surface area (Å²) in [6, 6.07) is 12.2. The van der Waals surface area contributed by atoms with Crippen LogP contribution in [0.3, 0.4) is 0 Å². The van der Waals surface area contributed by atoms with Crippen LogP contribution in [0, 0.1) is 5.82 Å². The van der Waals surface area contributed by atoms with Crippen LogP contribution < -0.4 is 0 Å². The van der Waals surface area contributed by atoms with Crippen molar-refractivity contribution < 1.29 is 17.2 Å². The zero-order valence-electron chi connectivity index (χ0n) is 12.0. The fourth-order valence-corrected chi connectivity index (χ4v) is 3.16. The quantitative estimate of drug-likeness (QED) is 0.662. The summed E-state index contributed by atoms with van der Waals surface area (Å²) in [5.74, 6) is 0.00928. The van der Waals surface area contributed by atoms with Crippen molar-refractivity contribution in [2.45, 2.75) is 4.90 Å². The average molecular weight is 396 g/mol. The zero-order chi connectivity index (χ0) is 16.6. The van der Waals surface area contributed by atoms with Gasteiger partial charge < -0.3 is 4.42 Å². The van der Waals surface area contributed by atoms with Crippen molar-refractivity contribution in [2.75, 3.05) is 6.26 Å². The van der Waals surface area contributed by atoms with Crippen LogP contribution in [0.5, 0.6) is 0 Å². The minimum Gasteiger partial charge on any atom is -0.429 e. The number of nitrogens with zero attached hydrogens (tertiary/aromatic N) is 1. The number of hydrogen-bond acceptors (Lipinski definition) is 4. The molecular formula is C16H11BrFNO3S. The Morgan fingerprint density at radius 2 is 1.57 bits per heavy atom. The Labute approximate surface area is 141 Å². The van der Waals surface area contributed by atoms with E-state index in [0.29, 0.717) is 27.4 Å². The Balaban J connectivity index is 1.99. The van der Waals surface area contributed by atoms with Crippen LogP contribution in [-0.4, -0.2) is 19.7 Å². The fraction of sp³-hybridized carbons (Fsp3) is 0.0625. The second-order valence-electron chi connectivity index (χ2n) is 4.94. The maximum absolute atomic E-state index is 13.0. The number of benzene rings is 2. The van der Waals surface area contributed by atoms with Crippen LogP contribution in [0.25, 0.3) is 22.7 Å². The molecule has 0 spiro atoms. The molecule has 0 amide bonds. The first-order valence-electron chi connectivity index (χ1n) is 6.57. The van der Waals surface area contributed by atoms with Crippen molar-refractivity contribution in [1.29, 1.82) is 0 Å². The van der Waals surface area contributed by atoms with Gasteiger partial charge in [0.2, 0.25) is 5.89 Å². The molecule has 0 saturated carbocycles. The van der Waals surface area contributed by atoms with Gasteiger partial charge in [0, 0.05) is 17.4 Å². The largest absolute Gasteiger partial charge is 0.429 e. The minimum atomic E-state index is -3.24. The van der Waals surface area contributed by atoms with E-state index in [1.54, 1.807) is 24.3 Å². The lowest BCUT2D eigenvalue weighted by atomic mass is 10.2. The molecule has 3 rings (SSSR count). The Hall–Kier alpha value is -1.99. The third-order valence-electron chi connectivity index (χ3n) is 3.23. The lowest BCUT2D eigenvalue weighted by molar-refractivity contribution is 0.549. The molecule has 0 saturated heterocycles. The summed E-state index contributed by atoms with van der Waals surface area (Å²) in [4.78, 5) is 4.62. The maximum Gasteiger partial charge on any atom is 0.228 e. The monoisotopic (exact) mass is 395 g/mol. The molecule has 118 valence electrons. The minimum absolute atomic E-state index is 0.236. The Bertz CT molecular complexity index is 948. The molecule has 0 radical (unpaired) electrons. The number of halogens is 2. The van der Waals surface area contributed by atoms with E-state index in [9.17, 15) is 12.8 Å². The van der Waals surface area contributed by atoms with Gasteiger partial charge in [-0.15, -0.1) is 0 Å². The first kappa shape index (κ1) is 15.9. The molecule has 0 aliphatic carbocycles. The molecule has 0 unspecified atom stereocenters. The molecule has 7 heteroatoms. The number of oxazole rings is 1. The summed E-state index contributed by atoms with van der Waals surface area (Å²) in [5, 5.41) is 0. The molecule has 3 aromatic rings. The van der Waals surface area contributed by atoms with Crippen LogP contribution in [-0.2, 0) is 9.84 Å². The highest BCUT2D eigenvalue weighted by atomic mass is 79.9. The molecule has 0 aliphatic heterocycles. The van der Waals surface area contributed by atoms with E-state index >= 15 is 0 Å². The normalized spacial score (nSPS) is 11.6. The van der Waals surface area contributed by atoms with E-state index in [0.717, 1.165) is 6.26 Å². The van der Waals surface area contributed by atoms with Gasteiger partial charge in [0.05, 0.1) is 4.90 Å². The predicted octanol–water partition coefficient (Wildman–Crippen LogP) is 4.31. The lowest BCUT2D eigenvalue weighted by Gasteiger charge is -2.00. The van der Waals surface area contributed by atoms with E-state index in [-0.39, 0.29) is 10.7 Å². The third kappa shape index (κ3) is 3.35. The molecule has 1 heterocycles. The summed E-state index contributed by atoms with van der Waals surface area (Å²) in [6.45, 7) is 0. The Kier molecular flexibility index (Phi) is 4.08. The molecule has 0 atom stereocenters. The van der Waals surface area contributed by atoms with Gasteiger partial charge in [-0.05, 0) is 52.3 Å². The van der Waals surface area contributed by atoms with Gasteiger partial charge in [-0.1, -0.05) is 12.1 Å². The van der Waals surface area contributed by atoms with Crippen LogP contribution in [0.4, 0.5) is 4.39 Å². The summed E-state index contributed by atoms with van der Waals surface area (Å²) >= 11 is 3.30. The topological polar surface area (TPSA) is 60.2 Å². The Morgan fingerprint density at radius 3 is 2.13 bits per heavy atom. The highest BCUT2D eigenvalue weighted by molar-refractivity contribution is 9.10. The van der Waals surface area contributed by atoms with Crippen LogP contribution in [0.1, 0.15) is 0 Å². The predicted molar refractivity (Wildman–Crippen MR) is 88.1 cm³/mol. The van der Waals surface area contributed by atoms with E-state index in [4.69, 9.17) is 4.42 Å². The first-order valence-corrected chi connectivity index (χ1v) is 9.26. The van der Waals surface area contributed by atoms with Crippen molar-refractivity contribution in [3.8, 4) is 22.7 Å². The van der Waals surface area contributed by atoms with Gasteiger partial charge in [0.1, 0.15) is 11.5 Å². The Morgan fingerprint density at radius 1 is 1.00 bits per heavy atom. The van der Waals surface area contributed by atoms with Gasteiger partial charge in [-0.25, -0.2) is 17.8 Å². The first-order chi connectivity index (χ1) is 10.8. The molecule has 0 N–H and O–H groups in total. The van der Waals surface area contributed by atoms with Gasteiger partial charge in [-0.3, -0.25) is 0 Å². The molecule has 0 aliphatic rings. The SMILES string of the molecule is CS(=O)(=O)c1ccc(-c2nc(-c3ccc(F)cc3)oc2Br)cc1. The van der Waals surface area contributed by atoms with Gasteiger partial charge in [-0.2, -0.15) is 0 Å². The molecule has 0 fully saturated rings. The highest BCUT2D eigenvalue weighted by Gasteiger charge is 2.15. The number of sulfone groups is 1. The number of hydrogen-bond donors (Lipinski definition) is 0. The smallest absolute Gasteiger partial charge is 0.228 e.